The molecule has 3 rings (SSSR count). The monoisotopic (exact) mass is 269 g/mol. The molecule has 20 heavy (non-hydrogen) atoms. The number of imide groups is 3. The van der Waals surface area contributed by atoms with Gasteiger partial charge in [0.2, 0.25) is 0 Å². The third-order valence-electron chi connectivity index (χ3n) is 3.48. The second-order valence-corrected chi connectivity index (χ2v) is 4.57. The summed E-state index contributed by atoms with van der Waals surface area (Å²) in [4.78, 5) is 36.8. The van der Waals surface area contributed by atoms with Crippen LogP contribution in [0.3, 0.4) is 0 Å². The second-order valence-electron chi connectivity index (χ2n) is 4.57. The molecule has 0 aliphatic carbocycles. The fraction of sp³-hybridized carbons (Fsp3) is 0.133. The molecule has 0 bridgehead atoms. The number of hydrogen-bond donors (Lipinski definition) is 0. The third kappa shape index (κ3) is 1.46. The van der Waals surface area contributed by atoms with E-state index in [-0.39, 0.29) is 0 Å². The van der Waals surface area contributed by atoms with Crippen molar-refractivity contribution in [2.24, 2.45) is 0 Å². The molecular formula is C15H11NO4. The smallest absolute Gasteiger partial charge is 0.423 e. The highest BCUT2D eigenvalue weighted by Crippen LogP contribution is 2.32. The summed E-state index contributed by atoms with van der Waals surface area (Å²) in [5.41, 5.74) is 1.65. The van der Waals surface area contributed by atoms with Crippen LogP contribution in [0, 0.1) is 6.92 Å². The largest absolute Gasteiger partial charge is 0.452 e. The van der Waals surface area contributed by atoms with Crippen molar-refractivity contribution in [3.8, 4) is 0 Å². The van der Waals surface area contributed by atoms with Crippen LogP contribution in [-0.4, -0.2) is 29.9 Å². The van der Waals surface area contributed by atoms with Gasteiger partial charge in [0.1, 0.15) is 0 Å². The maximum atomic E-state index is 12.3. The van der Waals surface area contributed by atoms with Gasteiger partial charge in [0.05, 0.1) is 7.11 Å². The highest BCUT2D eigenvalue weighted by molar-refractivity contribution is 6.30. The summed E-state index contributed by atoms with van der Waals surface area (Å²) in [6, 6.07) is 8.62. The normalized spacial score (nSPS) is 13.8. The van der Waals surface area contributed by atoms with E-state index in [2.05, 4.69) is 4.74 Å². The van der Waals surface area contributed by atoms with Gasteiger partial charge in [-0.15, -0.1) is 0 Å². The average Bonchev–Trinajstić information content (AvgIpc) is 2.46. The van der Waals surface area contributed by atoms with Crippen LogP contribution in [0.1, 0.15) is 26.3 Å². The van der Waals surface area contributed by atoms with Crippen LogP contribution in [0.2, 0.25) is 0 Å². The van der Waals surface area contributed by atoms with E-state index in [1.165, 1.54) is 0 Å². The molecule has 1 aliphatic heterocycles. The molecule has 100 valence electrons. The van der Waals surface area contributed by atoms with Crippen LogP contribution >= 0.6 is 0 Å². The lowest BCUT2D eigenvalue weighted by atomic mass is 9.92. The molecular weight excluding hydrogens is 258 g/mol. The lowest BCUT2D eigenvalue weighted by Gasteiger charge is -2.24. The number of rotatable bonds is 0. The Balaban J connectivity index is 2.37. The van der Waals surface area contributed by atoms with Crippen molar-refractivity contribution in [3.63, 3.8) is 0 Å². The van der Waals surface area contributed by atoms with Crippen molar-refractivity contribution in [1.29, 1.82) is 0 Å². The van der Waals surface area contributed by atoms with Crippen molar-refractivity contribution in [3.05, 3.63) is 47.0 Å². The molecule has 5 heteroatoms. The first kappa shape index (κ1) is 12.3. The number of nitrogens with zero attached hydrogens (tertiary/aromatic N) is 1. The molecule has 3 amide bonds. The lowest BCUT2D eigenvalue weighted by molar-refractivity contribution is 0.0582. The number of hydrogen-bond acceptors (Lipinski definition) is 4. The third-order valence-corrected chi connectivity index (χ3v) is 3.48. The summed E-state index contributed by atoms with van der Waals surface area (Å²) in [7, 11) is 1.13. The van der Waals surface area contributed by atoms with Crippen LogP contribution in [0.15, 0.2) is 30.3 Å². The molecule has 5 nitrogen and oxygen atoms in total. The summed E-state index contributed by atoms with van der Waals surface area (Å²) in [5.74, 6) is -1.30. The summed E-state index contributed by atoms with van der Waals surface area (Å²) in [6.07, 6.45) is -0.969. The maximum absolute atomic E-state index is 12.3. The molecule has 0 saturated heterocycles. The molecule has 0 aromatic heterocycles. The first-order valence-electron chi connectivity index (χ1n) is 6.05. The highest BCUT2D eigenvalue weighted by atomic mass is 16.5. The predicted molar refractivity (Wildman–Crippen MR) is 71.6 cm³/mol. The summed E-state index contributed by atoms with van der Waals surface area (Å²) >= 11 is 0. The van der Waals surface area contributed by atoms with Crippen LogP contribution < -0.4 is 0 Å². The van der Waals surface area contributed by atoms with Gasteiger partial charge in [0.25, 0.3) is 11.8 Å². The van der Waals surface area contributed by atoms with Gasteiger partial charge in [-0.25, -0.2) is 4.79 Å². The lowest BCUT2D eigenvalue weighted by Crippen LogP contribution is -2.44. The van der Waals surface area contributed by atoms with Crippen molar-refractivity contribution in [1.82, 2.24) is 4.90 Å². The van der Waals surface area contributed by atoms with Gasteiger partial charge in [0.15, 0.2) is 0 Å². The number of benzene rings is 2. The summed E-state index contributed by atoms with van der Waals surface area (Å²) < 4.78 is 4.51. The van der Waals surface area contributed by atoms with Crippen LogP contribution in [0.25, 0.3) is 10.8 Å². The Morgan fingerprint density at radius 3 is 2.35 bits per heavy atom. The molecule has 0 saturated carbocycles. The molecule has 1 heterocycles. The fourth-order valence-corrected chi connectivity index (χ4v) is 2.50. The zero-order valence-corrected chi connectivity index (χ0v) is 11.0. The topological polar surface area (TPSA) is 63.7 Å². The molecule has 1 aliphatic rings. The Morgan fingerprint density at radius 1 is 1.05 bits per heavy atom. The van der Waals surface area contributed by atoms with Crippen molar-refractivity contribution < 1.29 is 19.1 Å². The van der Waals surface area contributed by atoms with Gasteiger partial charge in [-0.1, -0.05) is 18.2 Å². The van der Waals surface area contributed by atoms with Crippen molar-refractivity contribution in [2.75, 3.05) is 7.11 Å². The maximum Gasteiger partial charge on any atom is 0.423 e. The van der Waals surface area contributed by atoms with Gasteiger partial charge in [-0.05, 0) is 30.0 Å². The van der Waals surface area contributed by atoms with E-state index in [1.807, 2.05) is 13.0 Å². The molecule has 0 radical (unpaired) electrons. The van der Waals surface area contributed by atoms with E-state index >= 15 is 0 Å². The van der Waals surface area contributed by atoms with E-state index in [0.717, 1.165) is 18.1 Å². The first-order valence-corrected chi connectivity index (χ1v) is 6.05. The number of amides is 3. The Kier molecular flexibility index (Phi) is 2.57. The standard InChI is InChI=1S/C15H11NO4/c1-8-6-7-11-12-9(8)4-3-5-10(12)13(17)16(14(11)18)15(19)20-2/h3-7H,1-2H3. The fourth-order valence-electron chi connectivity index (χ4n) is 2.50. The molecule has 0 fully saturated rings. The number of ether oxygens (including phenoxy) is 1. The number of methoxy groups -OCH3 is 1. The van der Waals surface area contributed by atoms with Crippen LogP contribution in [-0.2, 0) is 4.74 Å². The molecule has 0 unspecified atom stereocenters. The number of carbonyl (C=O) groups excluding carboxylic acids is 3. The minimum Gasteiger partial charge on any atom is -0.452 e. The summed E-state index contributed by atoms with van der Waals surface area (Å²) in [6.45, 7) is 1.91. The molecule has 2 aromatic rings. The van der Waals surface area contributed by atoms with E-state index in [4.69, 9.17) is 0 Å². The van der Waals surface area contributed by atoms with Crippen molar-refractivity contribution >= 4 is 28.7 Å². The number of aryl methyl sites for hydroxylation is 1. The quantitative estimate of drug-likeness (QED) is 0.689. The molecule has 0 N–H and O–H groups in total. The Hall–Kier alpha value is -2.69. The van der Waals surface area contributed by atoms with Gasteiger partial charge in [-0.3, -0.25) is 9.59 Å². The van der Waals surface area contributed by atoms with Crippen LogP contribution in [0.4, 0.5) is 4.79 Å². The number of carbonyl (C=O) groups is 3. The SMILES string of the molecule is COC(=O)N1C(=O)c2cccc3c(C)ccc(c23)C1=O. The molecule has 0 spiro atoms. The zero-order chi connectivity index (χ0) is 14.4. The first-order chi connectivity index (χ1) is 9.56. The second kappa shape index (κ2) is 4.16. The van der Waals surface area contributed by atoms with Gasteiger partial charge >= 0.3 is 6.09 Å². The van der Waals surface area contributed by atoms with E-state index in [0.29, 0.717) is 21.4 Å². The van der Waals surface area contributed by atoms with Crippen molar-refractivity contribution in [2.45, 2.75) is 6.92 Å². The van der Waals surface area contributed by atoms with Gasteiger partial charge in [0, 0.05) is 16.5 Å². The van der Waals surface area contributed by atoms with E-state index < -0.39 is 17.9 Å². The summed E-state index contributed by atoms with van der Waals surface area (Å²) in [5, 5.41) is 1.44. The van der Waals surface area contributed by atoms with E-state index in [1.54, 1.807) is 24.3 Å². The minimum absolute atomic E-state index is 0.339. The zero-order valence-electron chi connectivity index (χ0n) is 11.0. The van der Waals surface area contributed by atoms with Gasteiger partial charge < -0.3 is 4.74 Å². The van der Waals surface area contributed by atoms with E-state index in [9.17, 15) is 14.4 Å². The predicted octanol–water partition coefficient (Wildman–Crippen LogP) is 2.51. The Labute approximate surface area is 114 Å². The van der Waals surface area contributed by atoms with Gasteiger partial charge in [-0.2, -0.15) is 4.90 Å². The molecule has 2 aromatic carbocycles. The van der Waals surface area contributed by atoms with Crippen LogP contribution in [0.5, 0.6) is 0 Å². The average molecular weight is 269 g/mol. The Morgan fingerprint density at radius 2 is 1.70 bits per heavy atom. The highest BCUT2D eigenvalue weighted by Gasteiger charge is 2.37. The molecule has 0 atom stereocenters. The minimum atomic E-state index is -0.969. The Bertz CT molecular complexity index is 757.